The molecular formula is C17H28N4O3S. The molecule has 1 aliphatic heterocycles. The monoisotopic (exact) mass is 368 g/mol. The maximum Gasteiger partial charge on any atom is 0.253 e. The van der Waals surface area contributed by atoms with Crippen LogP contribution in [0.4, 0.5) is 5.69 Å². The van der Waals surface area contributed by atoms with Crippen LogP contribution in [0.15, 0.2) is 23.1 Å². The molecule has 1 heterocycles. The van der Waals surface area contributed by atoms with E-state index in [9.17, 15) is 13.2 Å². The number of amides is 1. The van der Waals surface area contributed by atoms with Crippen molar-refractivity contribution in [2.45, 2.75) is 24.7 Å². The zero-order chi connectivity index (χ0) is 18.4. The highest BCUT2D eigenvalue weighted by Crippen LogP contribution is 2.28. The molecule has 2 N–H and O–H groups in total. The van der Waals surface area contributed by atoms with Crippen LogP contribution in [0.1, 0.15) is 30.1 Å². The van der Waals surface area contributed by atoms with E-state index >= 15 is 0 Å². The predicted octanol–water partition coefficient (Wildman–Crippen LogP) is 0.876. The summed E-state index contributed by atoms with van der Waals surface area (Å²) in [5, 5.41) is 6.02. The van der Waals surface area contributed by atoms with Crippen LogP contribution in [-0.2, 0) is 10.0 Å². The molecule has 0 saturated carbocycles. The van der Waals surface area contributed by atoms with Crippen molar-refractivity contribution in [2.75, 3.05) is 51.7 Å². The third kappa shape index (κ3) is 4.71. The first-order valence-electron chi connectivity index (χ1n) is 8.68. The number of anilines is 1. The molecule has 1 saturated heterocycles. The van der Waals surface area contributed by atoms with Crippen LogP contribution < -0.4 is 15.5 Å². The molecule has 1 aromatic carbocycles. The van der Waals surface area contributed by atoms with Crippen molar-refractivity contribution in [2.24, 2.45) is 0 Å². The van der Waals surface area contributed by atoms with Gasteiger partial charge in [0.1, 0.15) is 0 Å². The third-order valence-corrected chi connectivity index (χ3v) is 6.09. The lowest BCUT2D eigenvalue weighted by molar-refractivity contribution is 0.0954. The summed E-state index contributed by atoms with van der Waals surface area (Å²) < 4.78 is 26.0. The standard InChI is InChI=1S/C17H28N4O3S/c1-4-18-9-10-19-17(22)15-13-14(25(23,24)20(2)3)7-8-16(15)21-11-5-6-12-21/h7-8,13,18H,4-6,9-12H2,1-3H3,(H,19,22). The van der Waals surface area contributed by atoms with Crippen molar-refractivity contribution in [1.82, 2.24) is 14.9 Å². The smallest absolute Gasteiger partial charge is 0.253 e. The van der Waals surface area contributed by atoms with E-state index in [1.807, 2.05) is 6.92 Å². The first-order chi connectivity index (χ1) is 11.9. The van der Waals surface area contributed by atoms with Gasteiger partial charge in [-0.15, -0.1) is 0 Å². The second-order valence-corrected chi connectivity index (χ2v) is 8.42. The minimum Gasteiger partial charge on any atom is -0.371 e. The number of hydrogen-bond donors (Lipinski definition) is 2. The molecule has 0 atom stereocenters. The summed E-state index contributed by atoms with van der Waals surface area (Å²) in [4.78, 5) is 14.9. The number of sulfonamides is 1. The zero-order valence-corrected chi connectivity index (χ0v) is 16.0. The quantitative estimate of drug-likeness (QED) is 0.666. The van der Waals surface area contributed by atoms with E-state index in [-0.39, 0.29) is 10.8 Å². The zero-order valence-electron chi connectivity index (χ0n) is 15.2. The van der Waals surface area contributed by atoms with Gasteiger partial charge in [-0.05, 0) is 37.6 Å². The highest BCUT2D eigenvalue weighted by molar-refractivity contribution is 7.89. The molecular weight excluding hydrogens is 340 g/mol. The highest BCUT2D eigenvalue weighted by atomic mass is 32.2. The van der Waals surface area contributed by atoms with Gasteiger partial charge in [-0.1, -0.05) is 6.92 Å². The number of benzene rings is 1. The van der Waals surface area contributed by atoms with Crippen LogP contribution >= 0.6 is 0 Å². The van der Waals surface area contributed by atoms with E-state index in [1.54, 1.807) is 12.1 Å². The Labute approximate surface area is 150 Å². The second kappa shape index (κ2) is 8.64. The van der Waals surface area contributed by atoms with Gasteiger partial charge in [0.25, 0.3) is 5.91 Å². The van der Waals surface area contributed by atoms with E-state index < -0.39 is 10.0 Å². The van der Waals surface area contributed by atoms with E-state index in [2.05, 4.69) is 15.5 Å². The van der Waals surface area contributed by atoms with Crippen LogP contribution in [0.25, 0.3) is 0 Å². The Hall–Kier alpha value is -1.64. The molecule has 0 radical (unpaired) electrons. The topological polar surface area (TPSA) is 81.7 Å². The lowest BCUT2D eigenvalue weighted by Crippen LogP contribution is -2.33. The van der Waals surface area contributed by atoms with Crippen LogP contribution in [0.2, 0.25) is 0 Å². The van der Waals surface area contributed by atoms with Crippen molar-refractivity contribution in [3.63, 3.8) is 0 Å². The normalized spacial score (nSPS) is 15.0. The summed E-state index contributed by atoms with van der Waals surface area (Å²) in [5.74, 6) is -0.240. The van der Waals surface area contributed by atoms with Crippen molar-refractivity contribution in [3.05, 3.63) is 23.8 Å². The molecule has 0 aliphatic carbocycles. The molecule has 7 nitrogen and oxygen atoms in total. The van der Waals surface area contributed by atoms with Gasteiger partial charge in [0, 0.05) is 46.0 Å². The fourth-order valence-electron chi connectivity index (χ4n) is 2.84. The second-order valence-electron chi connectivity index (χ2n) is 6.27. The number of hydrogen-bond acceptors (Lipinski definition) is 5. The van der Waals surface area contributed by atoms with Crippen molar-refractivity contribution in [1.29, 1.82) is 0 Å². The number of likely N-dealkylation sites (N-methyl/N-ethyl adjacent to an activating group) is 1. The first-order valence-corrected chi connectivity index (χ1v) is 10.1. The first kappa shape index (κ1) is 19.7. The fourth-order valence-corrected chi connectivity index (χ4v) is 3.77. The molecule has 2 rings (SSSR count). The van der Waals surface area contributed by atoms with Gasteiger partial charge in [-0.3, -0.25) is 4.79 Å². The number of carbonyl (C=O) groups excluding carboxylic acids is 1. The van der Waals surface area contributed by atoms with Crippen LogP contribution in [0.5, 0.6) is 0 Å². The number of carbonyl (C=O) groups is 1. The molecule has 1 amide bonds. The van der Waals surface area contributed by atoms with Gasteiger partial charge >= 0.3 is 0 Å². The molecule has 1 aromatic rings. The Morgan fingerprint density at radius 1 is 1.20 bits per heavy atom. The summed E-state index contributed by atoms with van der Waals surface area (Å²) in [6.07, 6.45) is 2.17. The summed E-state index contributed by atoms with van der Waals surface area (Å²) in [6, 6.07) is 4.82. The van der Waals surface area contributed by atoms with Crippen LogP contribution in [-0.4, -0.2) is 65.4 Å². The number of nitrogens with zero attached hydrogens (tertiary/aromatic N) is 2. The van der Waals surface area contributed by atoms with Crippen molar-refractivity contribution >= 4 is 21.6 Å². The van der Waals surface area contributed by atoms with Crippen LogP contribution in [0, 0.1) is 0 Å². The Bertz CT molecular complexity index is 698. The fraction of sp³-hybridized carbons (Fsp3) is 0.588. The van der Waals surface area contributed by atoms with Crippen molar-refractivity contribution in [3.8, 4) is 0 Å². The Morgan fingerprint density at radius 2 is 1.88 bits per heavy atom. The number of nitrogens with one attached hydrogen (secondary N) is 2. The predicted molar refractivity (Wildman–Crippen MR) is 99.6 cm³/mol. The molecule has 0 unspecified atom stereocenters. The van der Waals surface area contributed by atoms with Gasteiger partial charge in [-0.25, -0.2) is 12.7 Å². The van der Waals surface area contributed by atoms with E-state index in [4.69, 9.17) is 0 Å². The van der Waals surface area contributed by atoms with Gasteiger partial charge < -0.3 is 15.5 Å². The van der Waals surface area contributed by atoms with E-state index in [0.717, 1.165) is 42.5 Å². The average Bonchev–Trinajstić information content (AvgIpc) is 3.12. The molecule has 1 aliphatic rings. The summed E-state index contributed by atoms with van der Waals surface area (Å²) >= 11 is 0. The molecule has 8 heteroatoms. The number of rotatable bonds is 8. The minimum atomic E-state index is -3.58. The SMILES string of the molecule is CCNCCNC(=O)c1cc(S(=O)(=O)N(C)C)ccc1N1CCCC1. The molecule has 0 bridgehead atoms. The Morgan fingerprint density at radius 3 is 2.48 bits per heavy atom. The van der Waals surface area contributed by atoms with E-state index in [0.29, 0.717) is 18.7 Å². The summed E-state index contributed by atoms with van der Waals surface area (Å²) in [7, 11) is -0.608. The summed E-state index contributed by atoms with van der Waals surface area (Å²) in [5.41, 5.74) is 1.22. The largest absolute Gasteiger partial charge is 0.371 e. The molecule has 0 aromatic heterocycles. The van der Waals surface area contributed by atoms with Gasteiger partial charge in [-0.2, -0.15) is 0 Å². The van der Waals surface area contributed by atoms with Gasteiger partial charge in [0.15, 0.2) is 0 Å². The molecule has 25 heavy (non-hydrogen) atoms. The Kier molecular flexibility index (Phi) is 6.80. The third-order valence-electron chi connectivity index (χ3n) is 4.28. The maximum absolute atomic E-state index is 12.7. The average molecular weight is 369 g/mol. The lowest BCUT2D eigenvalue weighted by Gasteiger charge is -2.22. The molecule has 0 spiro atoms. The Balaban J connectivity index is 2.32. The highest BCUT2D eigenvalue weighted by Gasteiger charge is 2.24. The molecule has 1 fully saturated rings. The molecule has 140 valence electrons. The minimum absolute atomic E-state index is 0.136. The van der Waals surface area contributed by atoms with Gasteiger partial charge in [0.05, 0.1) is 10.5 Å². The van der Waals surface area contributed by atoms with E-state index in [1.165, 1.54) is 20.2 Å². The maximum atomic E-state index is 12.7. The lowest BCUT2D eigenvalue weighted by atomic mass is 10.1. The van der Waals surface area contributed by atoms with Gasteiger partial charge in [0.2, 0.25) is 10.0 Å². The summed E-state index contributed by atoms with van der Waals surface area (Å²) in [6.45, 7) is 5.79. The van der Waals surface area contributed by atoms with Crippen molar-refractivity contribution < 1.29 is 13.2 Å². The van der Waals surface area contributed by atoms with Crippen LogP contribution in [0.3, 0.4) is 0 Å².